The molecule has 2 rings (SSSR count). The van der Waals surface area contributed by atoms with Crippen molar-refractivity contribution in [3.05, 3.63) is 34.3 Å². The number of rotatable bonds is 7. The highest BCUT2D eigenvalue weighted by molar-refractivity contribution is 7.89. The van der Waals surface area contributed by atoms with Gasteiger partial charge in [0.1, 0.15) is 11.4 Å². The predicted octanol–water partition coefficient (Wildman–Crippen LogP) is 1.10. The van der Waals surface area contributed by atoms with Crippen LogP contribution in [0.15, 0.2) is 28.6 Å². The molecular formula is C12H15N3O4S2. The molecule has 21 heavy (non-hydrogen) atoms. The molecule has 2 heterocycles. The second-order valence-corrected chi connectivity index (χ2v) is 7.36. The van der Waals surface area contributed by atoms with Crippen LogP contribution >= 0.6 is 11.3 Å². The van der Waals surface area contributed by atoms with E-state index in [0.29, 0.717) is 12.1 Å². The molecule has 0 bridgehead atoms. The Balaban J connectivity index is 2.22. The molecule has 0 saturated carbocycles. The number of carboxylic acids is 1. The monoisotopic (exact) mass is 329 g/mol. The number of aromatic amines is 1. The summed E-state index contributed by atoms with van der Waals surface area (Å²) in [5.74, 6) is -1.19. The van der Waals surface area contributed by atoms with Crippen LogP contribution in [0.25, 0.3) is 0 Å². The molecule has 2 aromatic heterocycles. The summed E-state index contributed by atoms with van der Waals surface area (Å²) in [7, 11) is -3.87. The Labute approximate surface area is 126 Å². The van der Waals surface area contributed by atoms with Crippen LogP contribution in [0, 0.1) is 6.92 Å². The van der Waals surface area contributed by atoms with E-state index < -0.39 is 22.5 Å². The van der Waals surface area contributed by atoms with E-state index in [1.807, 2.05) is 17.5 Å². The molecule has 0 aliphatic rings. The van der Waals surface area contributed by atoms with E-state index in [2.05, 4.69) is 10.2 Å². The van der Waals surface area contributed by atoms with Gasteiger partial charge in [-0.1, -0.05) is 6.07 Å². The molecule has 0 aromatic carbocycles. The zero-order valence-corrected chi connectivity index (χ0v) is 12.9. The predicted molar refractivity (Wildman–Crippen MR) is 77.7 cm³/mol. The summed E-state index contributed by atoms with van der Waals surface area (Å²) in [6.45, 7) is 1.12. The second kappa shape index (κ2) is 6.37. The summed E-state index contributed by atoms with van der Waals surface area (Å²) in [4.78, 5) is 12.0. The SMILES string of the molecule is Cc1[nH]ncc1S(=O)(=O)N(CCc1cccs1)CC(=O)O. The Hall–Kier alpha value is -1.71. The summed E-state index contributed by atoms with van der Waals surface area (Å²) in [5, 5.41) is 17.1. The summed E-state index contributed by atoms with van der Waals surface area (Å²) >= 11 is 1.51. The maximum atomic E-state index is 12.5. The molecule has 0 saturated heterocycles. The average molecular weight is 329 g/mol. The fraction of sp³-hybridized carbons (Fsp3) is 0.333. The van der Waals surface area contributed by atoms with Crippen LogP contribution in [0.1, 0.15) is 10.6 Å². The van der Waals surface area contributed by atoms with Crippen molar-refractivity contribution in [2.45, 2.75) is 18.2 Å². The highest BCUT2D eigenvalue weighted by Gasteiger charge is 2.28. The zero-order chi connectivity index (χ0) is 15.5. The molecule has 2 N–H and O–H groups in total. The third-order valence-electron chi connectivity index (χ3n) is 2.90. The summed E-state index contributed by atoms with van der Waals surface area (Å²) < 4.78 is 26.0. The number of carbonyl (C=O) groups is 1. The lowest BCUT2D eigenvalue weighted by Crippen LogP contribution is -2.37. The van der Waals surface area contributed by atoms with Gasteiger partial charge in [0.05, 0.1) is 11.9 Å². The third kappa shape index (κ3) is 3.69. The third-order valence-corrected chi connectivity index (χ3v) is 5.80. The lowest BCUT2D eigenvalue weighted by atomic mass is 10.3. The van der Waals surface area contributed by atoms with Gasteiger partial charge in [-0.3, -0.25) is 9.89 Å². The zero-order valence-electron chi connectivity index (χ0n) is 11.3. The first-order valence-electron chi connectivity index (χ1n) is 6.15. The van der Waals surface area contributed by atoms with Gasteiger partial charge in [-0.05, 0) is 24.8 Å². The molecular weight excluding hydrogens is 314 g/mol. The highest BCUT2D eigenvalue weighted by Crippen LogP contribution is 2.19. The molecule has 2 aromatic rings. The quantitative estimate of drug-likeness (QED) is 0.791. The van der Waals surface area contributed by atoms with Crippen molar-refractivity contribution < 1.29 is 18.3 Å². The van der Waals surface area contributed by atoms with Crippen molar-refractivity contribution >= 4 is 27.3 Å². The maximum Gasteiger partial charge on any atom is 0.318 e. The fourth-order valence-electron chi connectivity index (χ4n) is 1.86. The number of hydrogen-bond acceptors (Lipinski definition) is 5. The van der Waals surface area contributed by atoms with Crippen LogP contribution in [0.5, 0.6) is 0 Å². The average Bonchev–Trinajstić information content (AvgIpc) is 3.04. The molecule has 0 fully saturated rings. The highest BCUT2D eigenvalue weighted by atomic mass is 32.2. The van der Waals surface area contributed by atoms with Crippen LogP contribution in [0.2, 0.25) is 0 Å². The van der Waals surface area contributed by atoms with Gasteiger partial charge in [0.2, 0.25) is 10.0 Å². The van der Waals surface area contributed by atoms with E-state index in [9.17, 15) is 13.2 Å². The molecule has 0 aliphatic carbocycles. The van der Waals surface area contributed by atoms with E-state index in [4.69, 9.17) is 5.11 Å². The molecule has 0 unspecified atom stereocenters. The van der Waals surface area contributed by atoms with E-state index in [0.717, 1.165) is 9.18 Å². The largest absolute Gasteiger partial charge is 0.480 e. The second-order valence-electron chi connectivity index (χ2n) is 4.42. The summed E-state index contributed by atoms with van der Waals surface area (Å²) in [5.41, 5.74) is 0.390. The standard InChI is InChI=1S/C12H15N3O4S2/c1-9-11(7-13-14-9)21(18,19)15(8-12(16)17)5-4-10-3-2-6-20-10/h2-3,6-7H,4-5,8H2,1H3,(H,13,14)(H,16,17). The minimum Gasteiger partial charge on any atom is -0.480 e. The number of H-pyrrole nitrogens is 1. The number of aryl methyl sites for hydroxylation is 1. The molecule has 0 atom stereocenters. The van der Waals surface area contributed by atoms with Crippen LogP contribution in [0.4, 0.5) is 0 Å². The molecule has 114 valence electrons. The van der Waals surface area contributed by atoms with Crippen molar-refractivity contribution in [1.82, 2.24) is 14.5 Å². The Morgan fingerprint density at radius 1 is 1.52 bits per heavy atom. The maximum absolute atomic E-state index is 12.5. The van der Waals surface area contributed by atoms with Gasteiger partial charge < -0.3 is 5.11 Å². The van der Waals surface area contributed by atoms with Crippen molar-refractivity contribution in [3.8, 4) is 0 Å². The minimum absolute atomic E-state index is 0.00919. The summed E-state index contributed by atoms with van der Waals surface area (Å²) in [6.07, 6.45) is 1.67. The Bertz CT molecular complexity index is 707. The first kappa shape index (κ1) is 15.7. The number of hydrogen-bond donors (Lipinski definition) is 2. The van der Waals surface area contributed by atoms with Gasteiger partial charge in [0.25, 0.3) is 0 Å². The molecule has 9 heteroatoms. The summed E-state index contributed by atoms with van der Waals surface area (Å²) in [6, 6.07) is 3.76. The number of nitrogens with zero attached hydrogens (tertiary/aromatic N) is 2. The Kier molecular flexibility index (Phi) is 4.76. The molecule has 7 nitrogen and oxygen atoms in total. The van der Waals surface area contributed by atoms with Crippen LogP contribution < -0.4 is 0 Å². The lowest BCUT2D eigenvalue weighted by Gasteiger charge is -2.19. The minimum atomic E-state index is -3.87. The smallest absolute Gasteiger partial charge is 0.318 e. The van der Waals surface area contributed by atoms with Gasteiger partial charge in [0, 0.05) is 11.4 Å². The lowest BCUT2D eigenvalue weighted by molar-refractivity contribution is -0.137. The van der Waals surface area contributed by atoms with E-state index >= 15 is 0 Å². The number of nitrogens with one attached hydrogen (secondary N) is 1. The van der Waals surface area contributed by atoms with Crippen LogP contribution in [-0.4, -0.2) is 47.1 Å². The molecule has 0 amide bonds. The van der Waals surface area contributed by atoms with Gasteiger partial charge >= 0.3 is 5.97 Å². The van der Waals surface area contributed by atoms with Crippen LogP contribution in [0.3, 0.4) is 0 Å². The molecule has 0 aliphatic heterocycles. The van der Waals surface area contributed by atoms with Crippen molar-refractivity contribution in [1.29, 1.82) is 0 Å². The molecule has 0 spiro atoms. The number of aromatic nitrogens is 2. The van der Waals surface area contributed by atoms with E-state index in [1.165, 1.54) is 17.5 Å². The topological polar surface area (TPSA) is 103 Å². The number of carboxylic acid groups (broad SMARTS) is 1. The number of aliphatic carboxylic acids is 1. The van der Waals surface area contributed by atoms with Crippen molar-refractivity contribution in [3.63, 3.8) is 0 Å². The van der Waals surface area contributed by atoms with Crippen molar-refractivity contribution in [2.75, 3.05) is 13.1 Å². The van der Waals surface area contributed by atoms with Gasteiger partial charge in [-0.15, -0.1) is 11.3 Å². The normalized spacial score (nSPS) is 11.9. The molecule has 0 radical (unpaired) electrons. The van der Waals surface area contributed by atoms with Gasteiger partial charge in [0.15, 0.2) is 0 Å². The van der Waals surface area contributed by atoms with Gasteiger partial charge in [-0.25, -0.2) is 8.42 Å². The first-order valence-corrected chi connectivity index (χ1v) is 8.47. The number of sulfonamides is 1. The fourth-order valence-corrected chi connectivity index (χ4v) is 4.07. The first-order chi connectivity index (χ1) is 9.91. The Morgan fingerprint density at radius 3 is 2.81 bits per heavy atom. The van der Waals surface area contributed by atoms with E-state index in [-0.39, 0.29) is 11.4 Å². The number of thiophene rings is 1. The van der Waals surface area contributed by atoms with Crippen molar-refractivity contribution in [2.24, 2.45) is 0 Å². The van der Waals surface area contributed by atoms with E-state index in [1.54, 1.807) is 6.92 Å². The Morgan fingerprint density at radius 2 is 2.29 bits per heavy atom. The van der Waals surface area contributed by atoms with Gasteiger partial charge in [-0.2, -0.15) is 9.40 Å². The van der Waals surface area contributed by atoms with Crippen LogP contribution in [-0.2, 0) is 21.2 Å².